The minimum Gasteiger partial charge on any atom is -1.00 e. The number of nitrogens with one attached hydrogen (secondary N) is 2. The van der Waals surface area contributed by atoms with Crippen molar-refractivity contribution >= 4 is 57.1 Å². The highest BCUT2D eigenvalue weighted by Crippen LogP contribution is 2.12. The van der Waals surface area contributed by atoms with Crippen molar-refractivity contribution in [3.8, 4) is 0 Å². The van der Waals surface area contributed by atoms with E-state index in [1.807, 2.05) is 12.1 Å². The first-order chi connectivity index (χ1) is 18.5. The lowest BCUT2D eigenvalue weighted by Crippen LogP contribution is -3.00. The van der Waals surface area contributed by atoms with E-state index in [9.17, 15) is 0 Å². The molecule has 40 heavy (non-hydrogen) atoms. The van der Waals surface area contributed by atoms with Crippen molar-refractivity contribution in [3.05, 3.63) is 120 Å². The average Bonchev–Trinajstić information content (AvgIpc) is 3.53. The molecular formula is C29H27Br2Cl3N6. The van der Waals surface area contributed by atoms with Crippen LogP contribution < -0.4 is 43.1 Å². The van der Waals surface area contributed by atoms with Gasteiger partial charge < -0.3 is 43.9 Å². The van der Waals surface area contributed by atoms with Crippen LogP contribution in [0.4, 0.5) is 0 Å². The number of nitrogens with zero attached hydrogens (tertiary/aromatic N) is 4. The zero-order valence-electron chi connectivity index (χ0n) is 21.3. The number of alkyl halides is 3. The van der Waals surface area contributed by atoms with Gasteiger partial charge in [-0.3, -0.25) is 0 Å². The number of halogens is 5. The zero-order valence-corrected chi connectivity index (χ0v) is 26.8. The summed E-state index contributed by atoms with van der Waals surface area (Å²) in [5, 5.41) is 0. The first-order valence-electron chi connectivity index (χ1n) is 12.3. The molecule has 0 aliphatic heterocycles. The monoisotopic (exact) mass is 722 g/mol. The Bertz CT molecular complexity index is 1500. The molecule has 6 nitrogen and oxygen atoms in total. The standard InChI is InChI=1S/C28H24N6.CHCl3.2BrH/c1-3-9-21(10-4-1)19-33-17-7-13-23-27(33)31-25(29-23)15-16-26-30-24-14-8-18-34(28(24)32-26)20-22-11-5-2-6-12-22;2-1(3)4;;/h1-14,17-18H,15-16,19-20H2;1H;2*1H. The molecule has 0 aliphatic carbocycles. The maximum absolute atomic E-state index is 4.91. The number of imidazole rings is 2. The average molecular weight is 726 g/mol. The molecule has 4 heterocycles. The second kappa shape index (κ2) is 15.5. The maximum Gasteiger partial charge on any atom is 0.349 e. The van der Waals surface area contributed by atoms with Gasteiger partial charge in [-0.1, -0.05) is 95.5 Å². The molecule has 2 aromatic carbocycles. The molecule has 208 valence electrons. The van der Waals surface area contributed by atoms with E-state index in [1.165, 1.54) is 11.1 Å². The van der Waals surface area contributed by atoms with E-state index >= 15 is 0 Å². The molecule has 6 rings (SSSR count). The number of hydrogen-bond acceptors (Lipinski definition) is 2. The Morgan fingerprint density at radius 1 is 0.575 bits per heavy atom. The molecule has 0 saturated heterocycles. The van der Waals surface area contributed by atoms with Gasteiger partial charge >= 0.3 is 11.3 Å². The first kappa shape index (κ1) is 32.0. The van der Waals surface area contributed by atoms with E-state index in [0.717, 1.165) is 59.9 Å². The quantitative estimate of drug-likeness (QED) is 0.179. The summed E-state index contributed by atoms with van der Waals surface area (Å²) in [6.45, 7) is 1.60. The molecular weight excluding hydrogens is 699 g/mol. The van der Waals surface area contributed by atoms with Crippen LogP contribution in [0.2, 0.25) is 0 Å². The van der Waals surface area contributed by atoms with Gasteiger partial charge in [0.25, 0.3) is 0 Å². The number of aromatic amines is 2. The molecule has 0 amide bonds. The molecule has 0 bridgehead atoms. The fraction of sp³-hybridized carbons (Fsp3) is 0.172. The number of fused-ring (bicyclic) bond motifs is 2. The molecule has 0 fully saturated rings. The van der Waals surface area contributed by atoms with Crippen molar-refractivity contribution in [2.24, 2.45) is 0 Å². The van der Waals surface area contributed by atoms with Gasteiger partial charge in [0.05, 0.1) is 12.4 Å². The summed E-state index contributed by atoms with van der Waals surface area (Å²) in [6.07, 6.45) is 5.76. The number of rotatable bonds is 7. The van der Waals surface area contributed by atoms with Crippen LogP contribution >= 0.6 is 34.8 Å². The maximum atomic E-state index is 4.91. The number of pyridine rings is 2. The fourth-order valence-electron chi connectivity index (χ4n) is 4.44. The van der Waals surface area contributed by atoms with E-state index in [4.69, 9.17) is 44.8 Å². The Morgan fingerprint density at radius 2 is 0.950 bits per heavy atom. The molecule has 4 aromatic heterocycles. The summed E-state index contributed by atoms with van der Waals surface area (Å²) in [7, 11) is 0. The molecule has 0 atom stereocenters. The van der Waals surface area contributed by atoms with Gasteiger partial charge in [0.2, 0.25) is 11.6 Å². The van der Waals surface area contributed by atoms with Crippen LogP contribution in [0.1, 0.15) is 22.8 Å². The lowest BCUT2D eigenvalue weighted by atomic mass is 10.2. The number of aryl methyl sites for hydroxylation is 2. The Balaban J connectivity index is 0.000000691. The Morgan fingerprint density at radius 3 is 1.32 bits per heavy atom. The smallest absolute Gasteiger partial charge is 0.349 e. The van der Waals surface area contributed by atoms with Crippen LogP contribution in [0.3, 0.4) is 0 Å². The second-order valence-electron chi connectivity index (χ2n) is 8.83. The van der Waals surface area contributed by atoms with Gasteiger partial charge in [-0.05, 0) is 45.4 Å². The summed E-state index contributed by atoms with van der Waals surface area (Å²) in [5.74, 6) is 1.95. The van der Waals surface area contributed by atoms with Crippen molar-refractivity contribution in [2.75, 3.05) is 0 Å². The van der Waals surface area contributed by atoms with Crippen LogP contribution in [-0.4, -0.2) is 24.2 Å². The van der Waals surface area contributed by atoms with Gasteiger partial charge in [0, 0.05) is 12.8 Å². The molecule has 2 N–H and O–H groups in total. The molecule has 0 saturated carbocycles. The van der Waals surface area contributed by atoms with Gasteiger partial charge in [-0.2, -0.15) is 0 Å². The second-order valence-corrected chi connectivity index (χ2v) is 10.8. The number of H-pyrrole nitrogens is 2. The highest BCUT2D eigenvalue weighted by molar-refractivity contribution is 6.63. The fourth-order valence-corrected chi connectivity index (χ4v) is 4.44. The third-order valence-corrected chi connectivity index (χ3v) is 6.11. The van der Waals surface area contributed by atoms with E-state index in [-0.39, 0.29) is 34.0 Å². The lowest BCUT2D eigenvalue weighted by molar-refractivity contribution is -0.664. The Hall–Kier alpha value is -2.49. The summed E-state index contributed by atoms with van der Waals surface area (Å²) >= 11 is 14.4. The van der Waals surface area contributed by atoms with E-state index in [1.54, 1.807) is 0 Å². The SMILES string of the molecule is ClC(Cl)Cl.[Br-].[Br-].c1ccc(C[n+]2cccc3[nH]c(CCc4nc5c(ccc[n+]5Cc5ccccc5)[nH]4)nc32)cc1. The molecule has 0 unspecified atom stereocenters. The van der Waals surface area contributed by atoms with Crippen LogP contribution in [0.5, 0.6) is 0 Å². The van der Waals surface area contributed by atoms with Crippen LogP contribution in [-0.2, 0) is 25.9 Å². The van der Waals surface area contributed by atoms with Gasteiger partial charge in [0.15, 0.2) is 4.30 Å². The topological polar surface area (TPSA) is 65.1 Å². The van der Waals surface area contributed by atoms with Crippen LogP contribution in [0, 0.1) is 0 Å². The number of benzene rings is 2. The minimum atomic E-state index is -0.750. The van der Waals surface area contributed by atoms with Gasteiger partial charge in [0.1, 0.15) is 24.1 Å². The number of hydrogen-bond donors (Lipinski definition) is 2. The van der Waals surface area contributed by atoms with Crippen molar-refractivity contribution in [2.45, 2.75) is 30.2 Å². The Labute approximate surface area is 268 Å². The van der Waals surface area contributed by atoms with Crippen molar-refractivity contribution in [1.82, 2.24) is 19.9 Å². The molecule has 0 spiro atoms. The highest BCUT2D eigenvalue weighted by Gasteiger charge is 2.20. The summed E-state index contributed by atoms with van der Waals surface area (Å²) in [4.78, 5) is 16.8. The normalized spacial score (nSPS) is 10.6. The minimum absolute atomic E-state index is 0. The lowest BCUT2D eigenvalue weighted by Gasteiger charge is -2.00. The third-order valence-electron chi connectivity index (χ3n) is 6.11. The summed E-state index contributed by atoms with van der Waals surface area (Å²) < 4.78 is 3.64. The Kier molecular flexibility index (Phi) is 12.4. The summed E-state index contributed by atoms with van der Waals surface area (Å²) in [6, 6.07) is 29.3. The molecule has 11 heteroatoms. The highest BCUT2D eigenvalue weighted by atomic mass is 79.9. The van der Waals surface area contributed by atoms with Crippen LogP contribution in [0.15, 0.2) is 97.3 Å². The largest absolute Gasteiger partial charge is 1.00 e. The van der Waals surface area contributed by atoms with E-state index in [2.05, 4.69) is 104 Å². The van der Waals surface area contributed by atoms with Crippen LogP contribution in [0.25, 0.3) is 22.3 Å². The van der Waals surface area contributed by atoms with Crippen molar-refractivity contribution in [3.63, 3.8) is 0 Å². The predicted molar refractivity (Wildman–Crippen MR) is 152 cm³/mol. The third kappa shape index (κ3) is 8.51. The molecule has 0 radical (unpaired) electrons. The molecule has 6 aromatic rings. The first-order valence-corrected chi connectivity index (χ1v) is 13.6. The van der Waals surface area contributed by atoms with Gasteiger partial charge in [-0.25, -0.2) is 9.13 Å². The summed E-state index contributed by atoms with van der Waals surface area (Å²) in [5.41, 5.74) is 6.59. The van der Waals surface area contributed by atoms with E-state index < -0.39 is 4.30 Å². The van der Waals surface area contributed by atoms with E-state index in [0.29, 0.717) is 0 Å². The number of aromatic nitrogens is 6. The molecule has 0 aliphatic rings. The van der Waals surface area contributed by atoms with Gasteiger partial charge in [-0.15, -0.1) is 0 Å². The van der Waals surface area contributed by atoms with Crippen molar-refractivity contribution in [1.29, 1.82) is 0 Å². The van der Waals surface area contributed by atoms with Crippen molar-refractivity contribution < 1.29 is 43.1 Å². The predicted octanol–water partition coefficient (Wildman–Crippen LogP) is -0.110. The zero-order chi connectivity index (χ0) is 26.3.